The van der Waals surface area contributed by atoms with Crippen molar-refractivity contribution in [1.29, 1.82) is 0 Å². The van der Waals surface area contributed by atoms with Crippen LogP contribution in [0.5, 0.6) is 17.2 Å². The van der Waals surface area contributed by atoms with Gasteiger partial charge < -0.3 is 19.5 Å². The number of para-hydroxylation sites is 1. The highest BCUT2D eigenvalue weighted by atomic mass is 35.5. The second-order valence-corrected chi connectivity index (χ2v) is 8.51. The van der Waals surface area contributed by atoms with Gasteiger partial charge in [0, 0.05) is 31.2 Å². The number of likely N-dealkylation sites (N-methyl/N-ethyl adjacent to an activating group) is 1. The standard InChI is InChI=1S/C26H26Cl2N4O5/c1-6-22(33)31-26-15(8-7-9-18(26)35-3)10-16-11-21(30-14-29-16)32(2)23(34)12-17-24(27)19(36-4)13-20(37-5)25(17)28/h6-9,11,13-14H,1,10,12H2,2-5H3,(H,31,33). The van der Waals surface area contributed by atoms with Gasteiger partial charge in [-0.05, 0) is 17.7 Å². The van der Waals surface area contributed by atoms with E-state index in [0.717, 1.165) is 5.56 Å². The number of anilines is 2. The first kappa shape index (κ1) is 27.8. The number of carbonyl (C=O) groups is 2. The van der Waals surface area contributed by atoms with Crippen molar-refractivity contribution in [3.63, 3.8) is 0 Å². The maximum absolute atomic E-state index is 13.2. The highest BCUT2D eigenvalue weighted by Crippen LogP contribution is 2.40. The monoisotopic (exact) mass is 544 g/mol. The third kappa shape index (κ3) is 6.31. The van der Waals surface area contributed by atoms with Gasteiger partial charge in [0.2, 0.25) is 11.8 Å². The van der Waals surface area contributed by atoms with E-state index in [9.17, 15) is 9.59 Å². The minimum atomic E-state index is -0.369. The largest absolute Gasteiger partial charge is 0.495 e. The number of benzene rings is 2. The summed E-state index contributed by atoms with van der Waals surface area (Å²) in [6.45, 7) is 3.49. The fourth-order valence-corrected chi connectivity index (χ4v) is 4.19. The molecule has 3 aromatic rings. The lowest BCUT2D eigenvalue weighted by Gasteiger charge is -2.19. The predicted molar refractivity (Wildman–Crippen MR) is 143 cm³/mol. The lowest BCUT2D eigenvalue weighted by atomic mass is 10.1. The van der Waals surface area contributed by atoms with Crippen LogP contribution in [0.1, 0.15) is 16.8 Å². The number of amides is 2. The summed E-state index contributed by atoms with van der Waals surface area (Å²) in [5.41, 5.74) is 2.27. The Hall–Kier alpha value is -3.82. The van der Waals surface area contributed by atoms with Crippen molar-refractivity contribution in [3.8, 4) is 17.2 Å². The molecule has 0 aliphatic rings. The molecule has 37 heavy (non-hydrogen) atoms. The molecule has 2 aromatic carbocycles. The van der Waals surface area contributed by atoms with Gasteiger partial charge in [-0.1, -0.05) is 41.9 Å². The Balaban J connectivity index is 1.87. The van der Waals surface area contributed by atoms with E-state index < -0.39 is 0 Å². The molecule has 0 radical (unpaired) electrons. The topological polar surface area (TPSA) is 103 Å². The molecule has 0 aliphatic heterocycles. The van der Waals surface area contributed by atoms with E-state index in [1.807, 2.05) is 12.1 Å². The molecular weight excluding hydrogens is 519 g/mol. The molecule has 0 atom stereocenters. The van der Waals surface area contributed by atoms with Gasteiger partial charge >= 0.3 is 0 Å². The predicted octanol–water partition coefficient (Wildman–Crippen LogP) is 4.73. The van der Waals surface area contributed by atoms with Crippen LogP contribution >= 0.6 is 23.2 Å². The van der Waals surface area contributed by atoms with E-state index in [-0.39, 0.29) is 28.3 Å². The molecule has 0 aliphatic carbocycles. The molecule has 0 spiro atoms. The second-order valence-electron chi connectivity index (χ2n) is 7.75. The van der Waals surface area contributed by atoms with Crippen molar-refractivity contribution < 1.29 is 23.8 Å². The van der Waals surface area contributed by atoms with E-state index in [1.165, 1.54) is 38.6 Å². The fraction of sp³-hybridized carbons (Fsp3) is 0.231. The number of rotatable bonds is 10. The van der Waals surface area contributed by atoms with Gasteiger partial charge in [0.15, 0.2) is 0 Å². The fourth-order valence-electron chi connectivity index (χ4n) is 3.56. The number of aromatic nitrogens is 2. The summed E-state index contributed by atoms with van der Waals surface area (Å²) in [6.07, 6.45) is 2.77. The number of nitrogens with zero attached hydrogens (tertiary/aromatic N) is 3. The molecule has 9 nitrogen and oxygen atoms in total. The summed E-state index contributed by atoms with van der Waals surface area (Å²) in [4.78, 5) is 35.1. The minimum absolute atomic E-state index is 0.116. The smallest absolute Gasteiger partial charge is 0.247 e. The average molecular weight is 545 g/mol. The molecule has 3 rings (SSSR count). The first-order chi connectivity index (χ1) is 17.7. The van der Waals surface area contributed by atoms with E-state index in [4.69, 9.17) is 37.4 Å². The summed E-state index contributed by atoms with van der Waals surface area (Å²) >= 11 is 12.9. The molecule has 194 valence electrons. The molecule has 2 amide bonds. The molecule has 0 unspecified atom stereocenters. The number of carbonyl (C=O) groups excluding carboxylic acids is 2. The highest BCUT2D eigenvalue weighted by Gasteiger charge is 2.22. The number of ether oxygens (including phenoxy) is 3. The zero-order valence-electron chi connectivity index (χ0n) is 20.8. The zero-order valence-corrected chi connectivity index (χ0v) is 22.3. The van der Waals surface area contributed by atoms with Gasteiger partial charge in [0.1, 0.15) is 29.4 Å². The molecule has 0 saturated carbocycles. The minimum Gasteiger partial charge on any atom is -0.495 e. The normalized spacial score (nSPS) is 10.4. The quantitative estimate of drug-likeness (QED) is 0.368. The Labute approximate surface area is 225 Å². The molecular formula is C26H26Cl2N4O5. The van der Waals surface area contributed by atoms with E-state index >= 15 is 0 Å². The first-order valence-electron chi connectivity index (χ1n) is 11.0. The third-order valence-electron chi connectivity index (χ3n) is 5.56. The number of methoxy groups -OCH3 is 3. The number of hydrogen-bond acceptors (Lipinski definition) is 7. The van der Waals surface area contributed by atoms with Gasteiger partial charge in [-0.15, -0.1) is 0 Å². The van der Waals surface area contributed by atoms with Crippen molar-refractivity contribution in [3.05, 3.63) is 76.2 Å². The summed E-state index contributed by atoms with van der Waals surface area (Å²) in [7, 11) is 6.04. The second kappa shape index (κ2) is 12.4. The van der Waals surface area contributed by atoms with Gasteiger partial charge in [-0.2, -0.15) is 0 Å². The summed E-state index contributed by atoms with van der Waals surface area (Å²) in [5, 5.41) is 3.23. The van der Waals surface area contributed by atoms with Gasteiger partial charge in [-0.25, -0.2) is 9.97 Å². The third-order valence-corrected chi connectivity index (χ3v) is 6.39. The molecule has 1 N–H and O–H groups in total. The summed E-state index contributed by atoms with van der Waals surface area (Å²) in [6, 6.07) is 8.64. The Bertz CT molecular complexity index is 1300. The van der Waals surface area contributed by atoms with E-state index in [1.54, 1.807) is 25.2 Å². The van der Waals surface area contributed by atoms with Crippen LogP contribution in [-0.4, -0.2) is 50.2 Å². The van der Waals surface area contributed by atoms with Crippen LogP contribution in [0, 0.1) is 0 Å². The summed E-state index contributed by atoms with van der Waals surface area (Å²) < 4.78 is 16.0. The SMILES string of the molecule is C=CC(=O)Nc1c(Cc2cc(N(C)C(=O)Cc3c(Cl)c(OC)cc(OC)c3Cl)ncn2)cccc1OC. The van der Waals surface area contributed by atoms with Crippen LogP contribution in [0.2, 0.25) is 10.0 Å². The molecule has 1 aromatic heterocycles. The van der Waals surface area contributed by atoms with Crippen molar-refractivity contribution in [1.82, 2.24) is 9.97 Å². The average Bonchev–Trinajstić information content (AvgIpc) is 2.91. The van der Waals surface area contributed by atoms with Gasteiger partial charge in [0.25, 0.3) is 0 Å². The number of hydrogen-bond donors (Lipinski definition) is 1. The van der Waals surface area contributed by atoms with E-state index in [0.29, 0.717) is 46.4 Å². The van der Waals surface area contributed by atoms with Crippen LogP contribution < -0.4 is 24.4 Å². The van der Waals surface area contributed by atoms with Crippen molar-refractivity contribution in [2.75, 3.05) is 38.6 Å². The lowest BCUT2D eigenvalue weighted by molar-refractivity contribution is -0.117. The maximum Gasteiger partial charge on any atom is 0.247 e. The Kier molecular flexibility index (Phi) is 9.32. The highest BCUT2D eigenvalue weighted by molar-refractivity contribution is 6.38. The maximum atomic E-state index is 13.2. The van der Waals surface area contributed by atoms with Gasteiger partial charge in [-0.3, -0.25) is 14.5 Å². The lowest BCUT2D eigenvalue weighted by Crippen LogP contribution is -2.29. The van der Waals surface area contributed by atoms with Gasteiger partial charge in [0.05, 0.1) is 49.2 Å². The Morgan fingerprint density at radius 3 is 2.27 bits per heavy atom. The Morgan fingerprint density at radius 1 is 1.03 bits per heavy atom. The van der Waals surface area contributed by atoms with Crippen LogP contribution in [0.3, 0.4) is 0 Å². The number of halogens is 2. The molecule has 1 heterocycles. The van der Waals surface area contributed by atoms with Crippen LogP contribution in [0.4, 0.5) is 11.5 Å². The van der Waals surface area contributed by atoms with Crippen molar-refractivity contribution >= 4 is 46.5 Å². The Morgan fingerprint density at radius 2 is 1.68 bits per heavy atom. The van der Waals surface area contributed by atoms with Crippen LogP contribution in [-0.2, 0) is 22.4 Å². The first-order valence-corrected chi connectivity index (χ1v) is 11.7. The molecule has 0 saturated heterocycles. The molecule has 0 bridgehead atoms. The molecule has 11 heteroatoms. The van der Waals surface area contributed by atoms with Crippen LogP contribution in [0.15, 0.2) is 49.3 Å². The zero-order chi connectivity index (χ0) is 27.1. The van der Waals surface area contributed by atoms with Crippen molar-refractivity contribution in [2.45, 2.75) is 12.8 Å². The van der Waals surface area contributed by atoms with Crippen LogP contribution in [0.25, 0.3) is 0 Å². The summed E-state index contributed by atoms with van der Waals surface area (Å²) in [5.74, 6) is 0.870. The van der Waals surface area contributed by atoms with E-state index in [2.05, 4.69) is 21.9 Å². The molecule has 0 fully saturated rings. The number of nitrogens with one attached hydrogen (secondary N) is 1. The van der Waals surface area contributed by atoms with Crippen molar-refractivity contribution in [2.24, 2.45) is 0 Å².